The topological polar surface area (TPSA) is 114 Å². The Balaban J connectivity index is 1.67. The molecule has 1 aromatic carbocycles. The van der Waals surface area contributed by atoms with Crippen LogP contribution in [0.15, 0.2) is 24.3 Å². The molecule has 2 heterocycles. The van der Waals surface area contributed by atoms with Gasteiger partial charge in [0.1, 0.15) is 0 Å². The quantitative estimate of drug-likeness (QED) is 0.666. The lowest BCUT2D eigenvalue weighted by molar-refractivity contribution is -0.0763. The van der Waals surface area contributed by atoms with Crippen LogP contribution in [0.1, 0.15) is 32.3 Å². The number of carboxylic acid groups (broad SMARTS) is 1. The molecule has 1 N–H and O–H groups in total. The molecule has 3 rings (SSSR count). The highest BCUT2D eigenvalue weighted by Crippen LogP contribution is 2.32. The van der Waals surface area contributed by atoms with Gasteiger partial charge in [-0.05, 0) is 51.0 Å². The first-order chi connectivity index (χ1) is 13.7. The first-order valence-electron chi connectivity index (χ1n) is 9.69. The third-order valence-corrected chi connectivity index (χ3v) is 7.42. The summed E-state index contributed by atoms with van der Waals surface area (Å²) in [7, 11) is -3.22. The lowest BCUT2D eigenvalue weighted by Crippen LogP contribution is -2.58. The van der Waals surface area contributed by atoms with E-state index in [1.54, 1.807) is 42.4 Å². The fraction of sp³-hybridized carbons (Fsp3) is 0.579. The summed E-state index contributed by atoms with van der Waals surface area (Å²) in [5.41, 5.74) is 0.462. The number of nitrogens with zero attached hydrogens (tertiary/aromatic N) is 4. The van der Waals surface area contributed by atoms with E-state index < -0.39 is 22.2 Å². The van der Waals surface area contributed by atoms with Gasteiger partial charge in [-0.2, -0.15) is 9.57 Å². The van der Waals surface area contributed by atoms with E-state index in [0.717, 1.165) is 17.9 Å². The number of sulfonamides is 1. The van der Waals surface area contributed by atoms with Gasteiger partial charge in [0.25, 0.3) is 0 Å². The van der Waals surface area contributed by atoms with Gasteiger partial charge in [0.15, 0.2) is 5.75 Å². The predicted molar refractivity (Wildman–Crippen MR) is 106 cm³/mol. The number of amides is 1. The van der Waals surface area contributed by atoms with E-state index in [4.69, 9.17) is 10.1 Å². The van der Waals surface area contributed by atoms with Crippen LogP contribution < -0.4 is 4.84 Å². The summed E-state index contributed by atoms with van der Waals surface area (Å²) in [6.07, 6.45) is 0.592. The molecule has 10 heteroatoms. The average molecular weight is 423 g/mol. The van der Waals surface area contributed by atoms with Crippen LogP contribution in [-0.4, -0.2) is 77.4 Å². The third-order valence-electron chi connectivity index (χ3n) is 5.61. The number of carbonyl (C=O) groups is 1. The molecule has 0 aromatic heterocycles. The molecule has 0 saturated carbocycles. The number of fused-ring (bicyclic) bond motifs is 2. The van der Waals surface area contributed by atoms with Crippen molar-refractivity contribution >= 4 is 16.1 Å². The fourth-order valence-electron chi connectivity index (χ4n) is 4.06. The zero-order valence-electron chi connectivity index (χ0n) is 16.6. The normalized spacial score (nSPS) is 23.3. The van der Waals surface area contributed by atoms with Crippen LogP contribution >= 0.6 is 0 Å². The van der Waals surface area contributed by atoms with Crippen molar-refractivity contribution in [3.63, 3.8) is 0 Å². The Morgan fingerprint density at radius 3 is 2.38 bits per heavy atom. The highest BCUT2D eigenvalue weighted by atomic mass is 32.2. The van der Waals surface area contributed by atoms with E-state index in [-0.39, 0.29) is 17.8 Å². The summed E-state index contributed by atoms with van der Waals surface area (Å²) in [5, 5.41) is 19.4. The lowest BCUT2D eigenvalue weighted by atomic mass is 10.2. The van der Waals surface area contributed by atoms with E-state index in [0.29, 0.717) is 30.9 Å². The largest absolute Gasteiger partial charge is 0.463 e. The summed E-state index contributed by atoms with van der Waals surface area (Å²) in [4.78, 5) is 19.5. The molecule has 2 bridgehead atoms. The Morgan fingerprint density at radius 1 is 1.31 bits per heavy atom. The Labute approximate surface area is 171 Å². The lowest BCUT2D eigenvalue weighted by Gasteiger charge is -2.42. The van der Waals surface area contributed by atoms with Gasteiger partial charge in [-0.1, -0.05) is 0 Å². The number of piperazine rings is 1. The van der Waals surface area contributed by atoms with Gasteiger partial charge in [0.2, 0.25) is 10.0 Å². The Kier molecular flexibility index (Phi) is 6.31. The molecule has 29 heavy (non-hydrogen) atoms. The van der Waals surface area contributed by atoms with E-state index >= 15 is 0 Å². The maximum Gasteiger partial charge on any atom is 0.441 e. The standard InChI is InChI=1S/C19H26N4O5S/c1-3-29(26,27)21-12-16-6-7-17(13-21)22(16)11-14(2)23(19(24)25)28-18-8-4-15(10-20)5-9-18/h4-5,8-9,14,16-17H,3,6-7,11-13H2,1-2H3,(H,24,25). The Bertz CT molecular complexity index is 869. The first-order valence-corrected chi connectivity index (χ1v) is 11.3. The summed E-state index contributed by atoms with van der Waals surface area (Å²) in [6, 6.07) is 7.95. The van der Waals surface area contributed by atoms with Crippen LogP contribution in [0.4, 0.5) is 4.79 Å². The monoisotopic (exact) mass is 422 g/mol. The SMILES string of the molecule is CCS(=O)(=O)N1CC2CCC(C1)N2CC(C)N(Oc1ccc(C#N)cc1)C(=O)O. The van der Waals surface area contributed by atoms with Crippen LogP contribution in [0.25, 0.3) is 0 Å². The van der Waals surface area contributed by atoms with Gasteiger partial charge in [-0.25, -0.2) is 13.2 Å². The van der Waals surface area contributed by atoms with Gasteiger partial charge >= 0.3 is 6.09 Å². The van der Waals surface area contributed by atoms with Crippen molar-refractivity contribution in [2.45, 2.75) is 44.8 Å². The molecule has 0 spiro atoms. The molecule has 1 aromatic rings. The molecular weight excluding hydrogens is 396 g/mol. The van der Waals surface area contributed by atoms with Crippen LogP contribution in [0, 0.1) is 11.3 Å². The molecule has 1 amide bonds. The van der Waals surface area contributed by atoms with Crippen molar-refractivity contribution in [1.29, 1.82) is 5.26 Å². The van der Waals surface area contributed by atoms with Crippen LogP contribution in [-0.2, 0) is 10.0 Å². The fourth-order valence-corrected chi connectivity index (χ4v) is 5.22. The van der Waals surface area contributed by atoms with Crippen LogP contribution in [0.3, 0.4) is 0 Å². The number of hydrogen-bond acceptors (Lipinski definition) is 6. The molecule has 2 aliphatic heterocycles. The minimum absolute atomic E-state index is 0.0862. The number of benzene rings is 1. The minimum Gasteiger partial charge on any atom is -0.463 e. The van der Waals surface area contributed by atoms with Crippen molar-refractivity contribution in [2.24, 2.45) is 0 Å². The van der Waals surface area contributed by atoms with Gasteiger partial charge in [0, 0.05) is 31.7 Å². The number of hydrogen-bond donors (Lipinski definition) is 1. The molecule has 2 saturated heterocycles. The van der Waals surface area contributed by atoms with Crippen molar-refractivity contribution < 1.29 is 23.2 Å². The average Bonchev–Trinajstić information content (AvgIpc) is 2.92. The molecule has 2 fully saturated rings. The van der Waals surface area contributed by atoms with Crippen LogP contribution in [0.2, 0.25) is 0 Å². The van der Waals surface area contributed by atoms with Gasteiger partial charge < -0.3 is 9.94 Å². The molecule has 3 atom stereocenters. The zero-order chi connectivity index (χ0) is 21.2. The highest BCUT2D eigenvalue weighted by molar-refractivity contribution is 7.89. The predicted octanol–water partition coefficient (Wildman–Crippen LogP) is 1.72. The molecular formula is C19H26N4O5S. The first kappa shape index (κ1) is 21.4. The van der Waals surface area contributed by atoms with Gasteiger partial charge in [-0.3, -0.25) is 4.90 Å². The molecule has 3 unspecified atom stereocenters. The molecule has 158 valence electrons. The second kappa shape index (κ2) is 8.57. The zero-order valence-corrected chi connectivity index (χ0v) is 17.4. The van der Waals surface area contributed by atoms with E-state index in [1.807, 2.05) is 6.07 Å². The molecule has 0 radical (unpaired) electrons. The van der Waals surface area contributed by atoms with Crippen LogP contribution in [0.5, 0.6) is 5.75 Å². The number of nitriles is 1. The summed E-state index contributed by atoms with van der Waals surface area (Å²) in [6.45, 7) is 4.77. The third kappa shape index (κ3) is 4.63. The Morgan fingerprint density at radius 2 is 1.90 bits per heavy atom. The van der Waals surface area contributed by atoms with Crippen molar-refractivity contribution in [2.75, 3.05) is 25.4 Å². The summed E-state index contributed by atoms with van der Waals surface area (Å²) >= 11 is 0. The highest BCUT2D eigenvalue weighted by Gasteiger charge is 2.44. The molecule has 2 aliphatic rings. The number of rotatable bonds is 7. The van der Waals surface area contributed by atoms with Crippen molar-refractivity contribution in [3.8, 4) is 11.8 Å². The molecule has 9 nitrogen and oxygen atoms in total. The molecule has 0 aliphatic carbocycles. The Hall–Kier alpha value is -2.35. The van der Waals surface area contributed by atoms with Crippen molar-refractivity contribution in [1.82, 2.24) is 14.3 Å². The van der Waals surface area contributed by atoms with Gasteiger partial charge in [-0.15, -0.1) is 5.06 Å². The second-order valence-corrected chi connectivity index (χ2v) is 9.74. The summed E-state index contributed by atoms with van der Waals surface area (Å²) < 4.78 is 26.0. The van der Waals surface area contributed by atoms with E-state index in [2.05, 4.69) is 4.90 Å². The van der Waals surface area contributed by atoms with Crippen molar-refractivity contribution in [3.05, 3.63) is 29.8 Å². The number of hydroxylamine groups is 2. The maximum atomic E-state index is 12.2. The second-order valence-electron chi connectivity index (χ2n) is 7.48. The smallest absolute Gasteiger partial charge is 0.441 e. The van der Waals surface area contributed by atoms with E-state index in [1.165, 1.54) is 0 Å². The van der Waals surface area contributed by atoms with E-state index in [9.17, 15) is 18.3 Å². The minimum atomic E-state index is -3.22. The maximum absolute atomic E-state index is 12.2. The summed E-state index contributed by atoms with van der Waals surface area (Å²) in [5.74, 6) is 0.425. The van der Waals surface area contributed by atoms with Gasteiger partial charge in [0.05, 0.1) is 23.4 Å².